The van der Waals surface area contributed by atoms with Crippen LogP contribution in [0.15, 0.2) is 54.6 Å². The lowest BCUT2D eigenvalue weighted by molar-refractivity contribution is 0.0951. The number of aryl methyl sites for hydroxylation is 1. The SMILES string of the molecule is Cc1cc(C(=O)NCc2nc3ccccc3[nH]2)c2ccccc2n1. The minimum absolute atomic E-state index is 0.128. The van der Waals surface area contributed by atoms with Gasteiger partial charge in [-0.3, -0.25) is 9.78 Å². The van der Waals surface area contributed by atoms with Crippen molar-refractivity contribution in [3.05, 3.63) is 71.7 Å². The number of aromatic nitrogens is 3. The topological polar surface area (TPSA) is 70.7 Å². The van der Waals surface area contributed by atoms with E-state index in [4.69, 9.17) is 0 Å². The molecule has 2 aromatic carbocycles. The molecular weight excluding hydrogens is 300 g/mol. The fraction of sp³-hybridized carbons (Fsp3) is 0.105. The predicted octanol–water partition coefficient (Wildman–Crippen LogP) is 3.35. The van der Waals surface area contributed by atoms with E-state index in [9.17, 15) is 4.79 Å². The number of imidazole rings is 1. The molecule has 2 N–H and O–H groups in total. The highest BCUT2D eigenvalue weighted by atomic mass is 16.1. The highest BCUT2D eigenvalue weighted by molar-refractivity contribution is 6.06. The van der Waals surface area contributed by atoms with Crippen molar-refractivity contribution >= 4 is 27.8 Å². The number of pyridine rings is 1. The highest BCUT2D eigenvalue weighted by Crippen LogP contribution is 2.18. The van der Waals surface area contributed by atoms with Gasteiger partial charge in [0.1, 0.15) is 5.82 Å². The molecule has 5 nitrogen and oxygen atoms in total. The van der Waals surface area contributed by atoms with Gasteiger partial charge in [-0.05, 0) is 31.2 Å². The largest absolute Gasteiger partial charge is 0.345 e. The molecule has 24 heavy (non-hydrogen) atoms. The number of aromatic amines is 1. The lowest BCUT2D eigenvalue weighted by Gasteiger charge is -2.08. The van der Waals surface area contributed by atoms with Crippen LogP contribution in [0.1, 0.15) is 21.9 Å². The molecule has 0 aliphatic heterocycles. The summed E-state index contributed by atoms with van der Waals surface area (Å²) in [5.41, 5.74) is 4.14. The molecule has 0 radical (unpaired) electrons. The monoisotopic (exact) mass is 316 g/mol. The summed E-state index contributed by atoms with van der Waals surface area (Å²) in [4.78, 5) is 24.8. The number of carbonyl (C=O) groups is 1. The van der Waals surface area contributed by atoms with E-state index in [0.717, 1.165) is 33.5 Å². The normalized spacial score (nSPS) is 11.0. The second-order valence-electron chi connectivity index (χ2n) is 5.71. The zero-order chi connectivity index (χ0) is 16.5. The van der Waals surface area contributed by atoms with Gasteiger partial charge in [0.2, 0.25) is 0 Å². The number of carbonyl (C=O) groups excluding carboxylic acids is 1. The first kappa shape index (κ1) is 14.4. The van der Waals surface area contributed by atoms with Crippen LogP contribution in [-0.4, -0.2) is 20.9 Å². The first-order chi connectivity index (χ1) is 11.7. The van der Waals surface area contributed by atoms with Gasteiger partial charge in [0, 0.05) is 11.1 Å². The van der Waals surface area contributed by atoms with E-state index in [-0.39, 0.29) is 5.91 Å². The van der Waals surface area contributed by atoms with Crippen LogP contribution < -0.4 is 5.32 Å². The molecule has 0 unspecified atom stereocenters. The summed E-state index contributed by atoms with van der Waals surface area (Å²) in [5, 5.41) is 3.79. The minimum Gasteiger partial charge on any atom is -0.345 e. The summed E-state index contributed by atoms with van der Waals surface area (Å²) in [5.74, 6) is 0.608. The molecule has 2 aromatic heterocycles. The van der Waals surface area contributed by atoms with Gasteiger partial charge in [-0.25, -0.2) is 4.98 Å². The molecule has 1 amide bonds. The second-order valence-corrected chi connectivity index (χ2v) is 5.71. The summed E-state index contributed by atoms with van der Waals surface area (Å²) in [7, 11) is 0. The number of H-pyrrole nitrogens is 1. The average molecular weight is 316 g/mol. The van der Waals surface area contributed by atoms with E-state index in [2.05, 4.69) is 20.3 Å². The smallest absolute Gasteiger partial charge is 0.252 e. The number of para-hydroxylation sites is 3. The Morgan fingerprint density at radius 3 is 2.62 bits per heavy atom. The molecular formula is C19H16N4O. The third-order valence-electron chi connectivity index (χ3n) is 3.94. The summed E-state index contributed by atoms with van der Waals surface area (Å²) in [6, 6.07) is 17.3. The van der Waals surface area contributed by atoms with Crippen LogP contribution in [0.5, 0.6) is 0 Å². The Morgan fingerprint density at radius 1 is 1.04 bits per heavy atom. The number of nitrogens with one attached hydrogen (secondary N) is 2. The van der Waals surface area contributed by atoms with Crippen LogP contribution in [-0.2, 0) is 6.54 Å². The van der Waals surface area contributed by atoms with Gasteiger partial charge >= 0.3 is 0 Å². The van der Waals surface area contributed by atoms with Gasteiger partial charge in [-0.1, -0.05) is 30.3 Å². The molecule has 0 aliphatic rings. The zero-order valence-corrected chi connectivity index (χ0v) is 13.2. The summed E-state index contributed by atoms with van der Waals surface area (Å²) >= 11 is 0. The van der Waals surface area contributed by atoms with Gasteiger partial charge in [0.25, 0.3) is 5.91 Å². The first-order valence-corrected chi connectivity index (χ1v) is 7.79. The van der Waals surface area contributed by atoms with Crippen LogP contribution in [0.25, 0.3) is 21.9 Å². The van der Waals surface area contributed by atoms with Crippen molar-refractivity contribution in [1.82, 2.24) is 20.3 Å². The molecule has 5 heteroatoms. The molecule has 118 valence electrons. The van der Waals surface area contributed by atoms with E-state index in [1.807, 2.05) is 61.5 Å². The van der Waals surface area contributed by atoms with Crippen LogP contribution in [0.3, 0.4) is 0 Å². The maximum Gasteiger partial charge on any atom is 0.252 e. The third kappa shape index (κ3) is 2.60. The van der Waals surface area contributed by atoms with Gasteiger partial charge in [0.15, 0.2) is 0 Å². The molecule has 0 bridgehead atoms. The number of benzene rings is 2. The summed E-state index contributed by atoms with van der Waals surface area (Å²) in [6.45, 7) is 2.24. The first-order valence-electron chi connectivity index (χ1n) is 7.79. The summed E-state index contributed by atoms with van der Waals surface area (Å²) in [6.07, 6.45) is 0. The van der Waals surface area contributed by atoms with Crippen LogP contribution in [0, 0.1) is 6.92 Å². The van der Waals surface area contributed by atoms with Crippen LogP contribution >= 0.6 is 0 Å². The predicted molar refractivity (Wildman–Crippen MR) is 93.7 cm³/mol. The number of fused-ring (bicyclic) bond motifs is 2. The lowest BCUT2D eigenvalue weighted by atomic mass is 10.1. The average Bonchev–Trinajstić information content (AvgIpc) is 3.02. The van der Waals surface area contributed by atoms with Gasteiger partial charge in [0.05, 0.1) is 28.7 Å². The van der Waals surface area contributed by atoms with Crippen LogP contribution in [0.4, 0.5) is 0 Å². The Balaban J connectivity index is 1.60. The van der Waals surface area contributed by atoms with E-state index < -0.39 is 0 Å². The number of nitrogens with zero attached hydrogens (tertiary/aromatic N) is 2. The third-order valence-corrected chi connectivity index (χ3v) is 3.94. The Bertz CT molecular complexity index is 1020. The van der Waals surface area contributed by atoms with Gasteiger partial charge in [-0.15, -0.1) is 0 Å². The Labute approximate surface area is 138 Å². The maximum absolute atomic E-state index is 12.6. The second kappa shape index (κ2) is 5.77. The molecule has 0 spiro atoms. The fourth-order valence-electron chi connectivity index (χ4n) is 2.84. The van der Waals surface area contributed by atoms with Crippen LogP contribution in [0.2, 0.25) is 0 Å². The molecule has 0 saturated heterocycles. The Morgan fingerprint density at radius 2 is 1.79 bits per heavy atom. The lowest BCUT2D eigenvalue weighted by Crippen LogP contribution is -2.24. The molecule has 4 rings (SSSR count). The number of hydrogen-bond acceptors (Lipinski definition) is 3. The van der Waals surface area contributed by atoms with E-state index in [1.165, 1.54) is 0 Å². The van der Waals surface area contributed by atoms with Gasteiger partial charge in [-0.2, -0.15) is 0 Å². The Hall–Kier alpha value is -3.21. The van der Waals surface area contributed by atoms with Crippen molar-refractivity contribution in [3.8, 4) is 0 Å². The number of rotatable bonds is 3. The highest BCUT2D eigenvalue weighted by Gasteiger charge is 2.12. The molecule has 0 saturated carbocycles. The van der Waals surface area contributed by atoms with E-state index in [1.54, 1.807) is 0 Å². The molecule has 0 fully saturated rings. The van der Waals surface area contributed by atoms with Gasteiger partial charge < -0.3 is 10.3 Å². The molecule has 0 aliphatic carbocycles. The van der Waals surface area contributed by atoms with Crippen molar-refractivity contribution < 1.29 is 4.79 Å². The minimum atomic E-state index is -0.128. The van der Waals surface area contributed by atoms with Crippen molar-refractivity contribution in [2.45, 2.75) is 13.5 Å². The maximum atomic E-state index is 12.6. The van der Waals surface area contributed by atoms with E-state index in [0.29, 0.717) is 12.1 Å². The van der Waals surface area contributed by atoms with Crippen molar-refractivity contribution in [3.63, 3.8) is 0 Å². The summed E-state index contributed by atoms with van der Waals surface area (Å²) < 4.78 is 0. The van der Waals surface area contributed by atoms with E-state index >= 15 is 0 Å². The quantitative estimate of drug-likeness (QED) is 0.609. The van der Waals surface area contributed by atoms with Crippen molar-refractivity contribution in [2.24, 2.45) is 0 Å². The fourth-order valence-corrected chi connectivity index (χ4v) is 2.84. The van der Waals surface area contributed by atoms with Crippen molar-refractivity contribution in [2.75, 3.05) is 0 Å². The van der Waals surface area contributed by atoms with Crippen molar-refractivity contribution in [1.29, 1.82) is 0 Å². The zero-order valence-electron chi connectivity index (χ0n) is 13.2. The molecule has 4 aromatic rings. The molecule has 2 heterocycles. The standard InChI is InChI=1S/C19H16N4O/c1-12-10-14(13-6-2-3-7-15(13)21-12)19(24)20-11-18-22-16-8-4-5-9-17(16)23-18/h2-10H,11H2,1H3,(H,20,24)(H,22,23). The Kier molecular flexibility index (Phi) is 3.46. The number of amides is 1. The molecule has 0 atom stereocenters. The number of hydrogen-bond donors (Lipinski definition) is 2.